The van der Waals surface area contributed by atoms with Gasteiger partial charge in [0.15, 0.2) is 0 Å². The number of nitrogen functional groups attached to an aromatic ring is 1. The van der Waals surface area contributed by atoms with Gasteiger partial charge >= 0.3 is 5.97 Å². The number of hydrogen-bond donors (Lipinski definition) is 3. The van der Waals surface area contributed by atoms with Crippen molar-refractivity contribution >= 4 is 11.7 Å². The molecule has 0 radical (unpaired) electrons. The van der Waals surface area contributed by atoms with Gasteiger partial charge in [0.1, 0.15) is 11.8 Å². The van der Waals surface area contributed by atoms with Gasteiger partial charge in [-0.2, -0.15) is 0 Å². The van der Waals surface area contributed by atoms with E-state index in [0.29, 0.717) is 11.4 Å². The fraction of sp³-hybridized carbons (Fsp3) is 0.300. The number of anilines is 1. The Bertz CT molecular complexity index is 366. The van der Waals surface area contributed by atoms with E-state index in [1.807, 2.05) is 0 Å². The van der Waals surface area contributed by atoms with E-state index in [1.165, 1.54) is 7.11 Å². The summed E-state index contributed by atoms with van der Waals surface area (Å²) in [4.78, 5) is 10.5. The zero-order valence-corrected chi connectivity index (χ0v) is 8.43. The molecule has 0 saturated carbocycles. The molecular formula is C10H14N2O3. The zero-order valence-electron chi connectivity index (χ0n) is 8.43. The summed E-state index contributed by atoms with van der Waals surface area (Å²) in [5, 5.41) is 8.63. The molecule has 0 heterocycles. The topological polar surface area (TPSA) is 98.6 Å². The summed E-state index contributed by atoms with van der Waals surface area (Å²) < 4.78 is 4.98. The molecule has 5 nitrogen and oxygen atoms in total. The first-order valence-corrected chi connectivity index (χ1v) is 4.45. The number of carbonyl (C=O) groups is 1. The largest absolute Gasteiger partial charge is 0.495 e. The van der Waals surface area contributed by atoms with Crippen LogP contribution in [0.3, 0.4) is 0 Å². The van der Waals surface area contributed by atoms with Crippen molar-refractivity contribution in [2.24, 2.45) is 5.73 Å². The van der Waals surface area contributed by atoms with Gasteiger partial charge in [0.2, 0.25) is 0 Å². The molecule has 15 heavy (non-hydrogen) atoms. The second kappa shape index (κ2) is 4.65. The second-order valence-corrected chi connectivity index (χ2v) is 3.23. The summed E-state index contributed by atoms with van der Waals surface area (Å²) >= 11 is 0. The second-order valence-electron chi connectivity index (χ2n) is 3.23. The van der Waals surface area contributed by atoms with E-state index in [4.69, 9.17) is 21.3 Å². The van der Waals surface area contributed by atoms with Crippen molar-refractivity contribution in [2.75, 3.05) is 12.8 Å². The lowest BCUT2D eigenvalue weighted by molar-refractivity contribution is -0.138. The SMILES string of the molecule is COc1ccc(CC(N)C(=O)O)cc1N. The number of benzene rings is 1. The lowest BCUT2D eigenvalue weighted by atomic mass is 10.1. The Kier molecular flexibility index (Phi) is 3.51. The average Bonchev–Trinajstić information content (AvgIpc) is 2.18. The van der Waals surface area contributed by atoms with Gasteiger partial charge in [-0.25, -0.2) is 0 Å². The molecule has 1 unspecified atom stereocenters. The van der Waals surface area contributed by atoms with Crippen LogP contribution in [0.15, 0.2) is 18.2 Å². The fourth-order valence-corrected chi connectivity index (χ4v) is 1.25. The summed E-state index contributed by atoms with van der Waals surface area (Å²) in [6, 6.07) is 4.21. The maximum atomic E-state index is 10.5. The normalized spacial score (nSPS) is 12.1. The Morgan fingerprint density at radius 1 is 1.60 bits per heavy atom. The van der Waals surface area contributed by atoms with E-state index in [-0.39, 0.29) is 6.42 Å². The molecule has 0 amide bonds. The van der Waals surface area contributed by atoms with Gasteiger partial charge in [0.05, 0.1) is 12.8 Å². The van der Waals surface area contributed by atoms with Crippen molar-refractivity contribution in [1.29, 1.82) is 0 Å². The molecule has 1 aromatic carbocycles. The number of methoxy groups -OCH3 is 1. The molecule has 1 aromatic rings. The van der Waals surface area contributed by atoms with Gasteiger partial charge < -0.3 is 21.3 Å². The van der Waals surface area contributed by atoms with Crippen molar-refractivity contribution in [3.05, 3.63) is 23.8 Å². The van der Waals surface area contributed by atoms with Crippen LogP contribution in [0.5, 0.6) is 5.75 Å². The number of carboxylic acids is 1. The smallest absolute Gasteiger partial charge is 0.320 e. The Labute approximate surface area is 87.6 Å². The van der Waals surface area contributed by atoms with Crippen molar-refractivity contribution in [3.8, 4) is 5.75 Å². The number of aliphatic carboxylic acids is 1. The van der Waals surface area contributed by atoms with E-state index in [9.17, 15) is 4.79 Å². The van der Waals surface area contributed by atoms with Gasteiger partial charge in [-0.05, 0) is 24.1 Å². The van der Waals surface area contributed by atoms with Crippen LogP contribution in [-0.2, 0) is 11.2 Å². The van der Waals surface area contributed by atoms with Crippen LogP contribution < -0.4 is 16.2 Å². The van der Waals surface area contributed by atoms with Gasteiger partial charge in [-0.1, -0.05) is 6.07 Å². The van der Waals surface area contributed by atoms with Gasteiger partial charge in [-0.3, -0.25) is 4.79 Å². The minimum Gasteiger partial charge on any atom is -0.495 e. The zero-order chi connectivity index (χ0) is 11.4. The molecule has 0 aliphatic rings. The van der Waals surface area contributed by atoms with Crippen molar-refractivity contribution in [1.82, 2.24) is 0 Å². The molecule has 5 heteroatoms. The minimum absolute atomic E-state index is 0.253. The summed E-state index contributed by atoms with van der Waals surface area (Å²) in [6.45, 7) is 0. The highest BCUT2D eigenvalue weighted by Crippen LogP contribution is 2.22. The maximum Gasteiger partial charge on any atom is 0.320 e. The minimum atomic E-state index is -1.02. The van der Waals surface area contributed by atoms with E-state index in [1.54, 1.807) is 18.2 Å². The molecule has 82 valence electrons. The van der Waals surface area contributed by atoms with Crippen molar-refractivity contribution in [3.63, 3.8) is 0 Å². The fourth-order valence-electron chi connectivity index (χ4n) is 1.25. The number of rotatable bonds is 4. The summed E-state index contributed by atoms with van der Waals surface area (Å²) in [5.74, 6) is -0.452. The van der Waals surface area contributed by atoms with Crippen LogP contribution in [0.4, 0.5) is 5.69 Å². The molecule has 0 fully saturated rings. The van der Waals surface area contributed by atoms with Crippen LogP contribution in [-0.4, -0.2) is 24.2 Å². The maximum absolute atomic E-state index is 10.5. The van der Waals surface area contributed by atoms with Crippen LogP contribution in [0.1, 0.15) is 5.56 Å². The van der Waals surface area contributed by atoms with Crippen molar-refractivity contribution in [2.45, 2.75) is 12.5 Å². The van der Waals surface area contributed by atoms with Crippen LogP contribution >= 0.6 is 0 Å². The molecule has 0 aromatic heterocycles. The third-order valence-electron chi connectivity index (χ3n) is 2.07. The molecule has 1 rings (SSSR count). The third-order valence-corrected chi connectivity index (χ3v) is 2.07. The lowest BCUT2D eigenvalue weighted by Crippen LogP contribution is -2.32. The van der Waals surface area contributed by atoms with Crippen LogP contribution in [0.2, 0.25) is 0 Å². The summed E-state index contributed by atoms with van der Waals surface area (Å²) in [5.41, 5.74) is 12.3. The first kappa shape index (κ1) is 11.3. The monoisotopic (exact) mass is 210 g/mol. The average molecular weight is 210 g/mol. The highest BCUT2D eigenvalue weighted by molar-refractivity contribution is 5.73. The molecule has 0 aliphatic carbocycles. The lowest BCUT2D eigenvalue weighted by Gasteiger charge is -2.09. The number of nitrogens with two attached hydrogens (primary N) is 2. The summed E-state index contributed by atoms with van der Waals surface area (Å²) in [6.07, 6.45) is 0.253. The molecular weight excluding hydrogens is 196 g/mol. The van der Waals surface area contributed by atoms with E-state index < -0.39 is 12.0 Å². The standard InChI is InChI=1S/C10H14N2O3/c1-15-9-3-2-6(4-7(9)11)5-8(12)10(13)14/h2-4,8H,5,11-12H2,1H3,(H,13,14). The van der Waals surface area contributed by atoms with Crippen LogP contribution in [0, 0.1) is 0 Å². The first-order valence-electron chi connectivity index (χ1n) is 4.45. The van der Waals surface area contributed by atoms with E-state index in [2.05, 4.69) is 0 Å². The number of hydrogen-bond acceptors (Lipinski definition) is 4. The molecule has 0 bridgehead atoms. The van der Waals surface area contributed by atoms with Crippen molar-refractivity contribution < 1.29 is 14.6 Å². The van der Waals surface area contributed by atoms with Crippen LogP contribution in [0.25, 0.3) is 0 Å². The van der Waals surface area contributed by atoms with Gasteiger partial charge in [-0.15, -0.1) is 0 Å². The molecule has 5 N–H and O–H groups in total. The van der Waals surface area contributed by atoms with Gasteiger partial charge in [0, 0.05) is 0 Å². The number of ether oxygens (including phenoxy) is 1. The Morgan fingerprint density at radius 3 is 2.73 bits per heavy atom. The molecule has 0 saturated heterocycles. The highest BCUT2D eigenvalue weighted by atomic mass is 16.5. The Morgan fingerprint density at radius 2 is 2.27 bits per heavy atom. The van der Waals surface area contributed by atoms with E-state index >= 15 is 0 Å². The molecule has 0 spiro atoms. The number of carboxylic acid groups (broad SMARTS) is 1. The quantitative estimate of drug-likeness (QED) is 0.618. The first-order chi connectivity index (χ1) is 7.04. The highest BCUT2D eigenvalue weighted by Gasteiger charge is 2.12. The Hall–Kier alpha value is -1.75. The third kappa shape index (κ3) is 2.85. The molecule has 0 aliphatic heterocycles. The predicted molar refractivity (Wildman–Crippen MR) is 56.7 cm³/mol. The Balaban J connectivity index is 2.79. The summed E-state index contributed by atoms with van der Waals surface area (Å²) in [7, 11) is 1.52. The van der Waals surface area contributed by atoms with Gasteiger partial charge in [0.25, 0.3) is 0 Å². The molecule has 1 atom stereocenters. The predicted octanol–water partition coefficient (Wildman–Crippen LogP) is 0.232. The van der Waals surface area contributed by atoms with E-state index in [0.717, 1.165) is 5.56 Å².